The first-order valence-corrected chi connectivity index (χ1v) is 6.73. The maximum absolute atomic E-state index is 11.8. The lowest BCUT2D eigenvalue weighted by atomic mass is 10.1. The molecule has 1 N–H and O–H groups in total. The van der Waals surface area contributed by atoms with Crippen molar-refractivity contribution in [3.63, 3.8) is 0 Å². The van der Waals surface area contributed by atoms with Crippen molar-refractivity contribution in [3.05, 3.63) is 30.1 Å². The summed E-state index contributed by atoms with van der Waals surface area (Å²) < 4.78 is 5.85. The van der Waals surface area contributed by atoms with E-state index in [9.17, 15) is 4.79 Å². The van der Waals surface area contributed by atoms with Crippen molar-refractivity contribution < 1.29 is 9.53 Å². The molecule has 2 rings (SSSR count). The predicted octanol–water partition coefficient (Wildman–Crippen LogP) is 0.809. The van der Waals surface area contributed by atoms with Crippen molar-refractivity contribution in [3.8, 4) is 0 Å². The first-order chi connectivity index (χ1) is 9.29. The van der Waals surface area contributed by atoms with Gasteiger partial charge >= 0.3 is 0 Å². The third kappa shape index (κ3) is 4.29. The van der Waals surface area contributed by atoms with Crippen LogP contribution < -0.4 is 5.32 Å². The molecule has 1 aliphatic rings. The van der Waals surface area contributed by atoms with Crippen LogP contribution in [0.5, 0.6) is 0 Å². The van der Waals surface area contributed by atoms with E-state index >= 15 is 0 Å². The van der Waals surface area contributed by atoms with Gasteiger partial charge in [-0.15, -0.1) is 0 Å². The third-order valence-corrected chi connectivity index (χ3v) is 3.25. The molecule has 1 fully saturated rings. The van der Waals surface area contributed by atoms with E-state index in [0.717, 1.165) is 25.1 Å². The molecule has 0 radical (unpaired) electrons. The van der Waals surface area contributed by atoms with Crippen LogP contribution in [0, 0.1) is 0 Å². The molecule has 1 saturated heterocycles. The van der Waals surface area contributed by atoms with Crippen LogP contribution in [0.25, 0.3) is 0 Å². The maximum atomic E-state index is 11.8. The summed E-state index contributed by atoms with van der Waals surface area (Å²) in [5.74, 6) is 0.147. The monoisotopic (exact) mass is 263 g/mol. The summed E-state index contributed by atoms with van der Waals surface area (Å²) in [4.78, 5) is 17.9. The molecule has 1 amide bonds. The number of ether oxygens (including phenoxy) is 1. The van der Waals surface area contributed by atoms with Crippen molar-refractivity contribution in [2.75, 3.05) is 26.7 Å². The first kappa shape index (κ1) is 14.0. The molecule has 0 spiro atoms. The van der Waals surface area contributed by atoms with E-state index in [1.54, 1.807) is 13.2 Å². The van der Waals surface area contributed by atoms with Crippen molar-refractivity contribution in [1.29, 1.82) is 0 Å². The Morgan fingerprint density at radius 3 is 3.21 bits per heavy atom. The zero-order valence-electron chi connectivity index (χ0n) is 11.3. The third-order valence-electron chi connectivity index (χ3n) is 3.25. The van der Waals surface area contributed by atoms with Crippen LogP contribution in [-0.2, 0) is 16.1 Å². The molecular weight excluding hydrogens is 242 g/mol. The molecule has 1 unspecified atom stereocenters. The summed E-state index contributed by atoms with van der Waals surface area (Å²) in [6, 6.07) is 5.80. The molecule has 0 aliphatic carbocycles. The molecule has 1 aliphatic heterocycles. The lowest BCUT2D eigenvalue weighted by Crippen LogP contribution is -2.46. The van der Waals surface area contributed by atoms with Gasteiger partial charge in [0.15, 0.2) is 0 Å². The van der Waals surface area contributed by atoms with E-state index in [-0.39, 0.29) is 12.0 Å². The number of carbonyl (C=O) groups is 1. The number of hydrogen-bond acceptors (Lipinski definition) is 4. The van der Waals surface area contributed by atoms with Crippen LogP contribution in [0.1, 0.15) is 18.5 Å². The van der Waals surface area contributed by atoms with Gasteiger partial charge in [0.05, 0.1) is 24.9 Å². The van der Waals surface area contributed by atoms with Gasteiger partial charge in [0, 0.05) is 19.3 Å². The molecular formula is C14H21N3O2. The molecule has 0 saturated carbocycles. The predicted molar refractivity (Wildman–Crippen MR) is 72.6 cm³/mol. The van der Waals surface area contributed by atoms with Crippen molar-refractivity contribution in [1.82, 2.24) is 15.2 Å². The topological polar surface area (TPSA) is 54.5 Å². The highest BCUT2D eigenvalue weighted by atomic mass is 16.5. The Kier molecular flexibility index (Phi) is 5.30. The van der Waals surface area contributed by atoms with Crippen molar-refractivity contribution >= 4 is 5.91 Å². The van der Waals surface area contributed by atoms with Crippen LogP contribution in [0.3, 0.4) is 0 Å². The Labute approximate surface area is 114 Å². The second-order valence-electron chi connectivity index (χ2n) is 4.77. The number of nitrogens with one attached hydrogen (secondary N) is 1. The fraction of sp³-hybridized carbons (Fsp3) is 0.571. The van der Waals surface area contributed by atoms with Crippen LogP contribution in [-0.4, -0.2) is 48.6 Å². The number of hydrogen-bond donors (Lipinski definition) is 1. The summed E-state index contributed by atoms with van der Waals surface area (Å²) in [5.41, 5.74) is 0.932. The second kappa shape index (κ2) is 7.21. The quantitative estimate of drug-likeness (QED) is 0.854. The average molecular weight is 263 g/mol. The molecule has 104 valence electrons. The van der Waals surface area contributed by atoms with E-state index in [1.807, 2.05) is 23.1 Å². The fourth-order valence-electron chi connectivity index (χ4n) is 2.25. The van der Waals surface area contributed by atoms with Crippen molar-refractivity contribution in [2.24, 2.45) is 0 Å². The largest absolute Gasteiger partial charge is 0.370 e. The smallest absolute Gasteiger partial charge is 0.236 e. The summed E-state index contributed by atoms with van der Waals surface area (Å²) in [5, 5.41) is 2.90. The maximum Gasteiger partial charge on any atom is 0.236 e. The number of amides is 1. The van der Waals surface area contributed by atoms with E-state index in [1.165, 1.54) is 0 Å². The number of likely N-dealkylation sites (tertiary alicyclic amines) is 1. The van der Waals surface area contributed by atoms with Gasteiger partial charge in [-0.25, -0.2) is 0 Å². The molecule has 2 heterocycles. The van der Waals surface area contributed by atoms with E-state index in [0.29, 0.717) is 19.7 Å². The summed E-state index contributed by atoms with van der Waals surface area (Å²) >= 11 is 0. The van der Waals surface area contributed by atoms with Gasteiger partial charge in [0.2, 0.25) is 5.91 Å². The van der Waals surface area contributed by atoms with Crippen LogP contribution >= 0.6 is 0 Å². The van der Waals surface area contributed by atoms with E-state index < -0.39 is 0 Å². The Balaban J connectivity index is 1.79. The van der Waals surface area contributed by atoms with Gasteiger partial charge in [-0.2, -0.15) is 0 Å². The number of pyridine rings is 1. The highest BCUT2D eigenvalue weighted by Gasteiger charge is 2.23. The molecule has 1 aromatic rings. The van der Waals surface area contributed by atoms with E-state index in [2.05, 4.69) is 10.3 Å². The molecule has 5 nitrogen and oxygen atoms in total. The van der Waals surface area contributed by atoms with Gasteiger partial charge in [-0.1, -0.05) is 6.07 Å². The number of carbonyl (C=O) groups excluding carboxylic acids is 1. The number of likely N-dealkylation sites (N-methyl/N-ethyl adjacent to an activating group) is 1. The summed E-state index contributed by atoms with van der Waals surface area (Å²) in [6.07, 6.45) is 3.90. The molecule has 5 heteroatoms. The highest BCUT2D eigenvalue weighted by molar-refractivity contribution is 5.78. The summed E-state index contributed by atoms with van der Waals surface area (Å²) in [6.45, 7) is 2.43. The van der Waals surface area contributed by atoms with Crippen LogP contribution in [0.15, 0.2) is 24.4 Å². The SMILES string of the molecule is CNCC(=O)N1CCCC(OCc2ccccn2)C1. The van der Waals surface area contributed by atoms with Crippen LogP contribution in [0.2, 0.25) is 0 Å². The van der Waals surface area contributed by atoms with Gasteiger partial charge in [-0.3, -0.25) is 9.78 Å². The van der Waals surface area contributed by atoms with Gasteiger partial charge in [0.25, 0.3) is 0 Å². The fourth-order valence-corrected chi connectivity index (χ4v) is 2.25. The Morgan fingerprint density at radius 1 is 1.58 bits per heavy atom. The number of piperidine rings is 1. The molecule has 0 aromatic carbocycles. The lowest BCUT2D eigenvalue weighted by molar-refractivity contribution is -0.134. The minimum atomic E-state index is 0.122. The molecule has 1 aromatic heterocycles. The Bertz CT molecular complexity index is 397. The minimum Gasteiger partial charge on any atom is -0.370 e. The normalized spacial score (nSPS) is 19.4. The Hall–Kier alpha value is -1.46. The Morgan fingerprint density at radius 2 is 2.47 bits per heavy atom. The standard InChI is InChI=1S/C14H21N3O2/c1-15-9-14(18)17-8-4-6-13(10-17)19-11-12-5-2-3-7-16-12/h2-3,5,7,13,15H,4,6,8-11H2,1H3. The average Bonchev–Trinajstić information content (AvgIpc) is 2.47. The number of nitrogens with zero attached hydrogens (tertiary/aromatic N) is 2. The first-order valence-electron chi connectivity index (χ1n) is 6.73. The van der Waals surface area contributed by atoms with E-state index in [4.69, 9.17) is 4.74 Å². The minimum absolute atomic E-state index is 0.122. The van der Waals surface area contributed by atoms with Crippen molar-refractivity contribution in [2.45, 2.75) is 25.6 Å². The van der Waals surface area contributed by atoms with Gasteiger partial charge in [0.1, 0.15) is 0 Å². The van der Waals surface area contributed by atoms with Gasteiger partial charge in [-0.05, 0) is 32.0 Å². The highest BCUT2D eigenvalue weighted by Crippen LogP contribution is 2.14. The zero-order chi connectivity index (χ0) is 13.5. The molecule has 19 heavy (non-hydrogen) atoms. The van der Waals surface area contributed by atoms with Crippen LogP contribution in [0.4, 0.5) is 0 Å². The van der Waals surface area contributed by atoms with Gasteiger partial charge < -0.3 is 15.0 Å². The second-order valence-corrected chi connectivity index (χ2v) is 4.77. The molecule has 1 atom stereocenters. The number of aromatic nitrogens is 1. The number of rotatable bonds is 5. The molecule has 0 bridgehead atoms. The summed E-state index contributed by atoms with van der Waals surface area (Å²) in [7, 11) is 1.79. The lowest BCUT2D eigenvalue weighted by Gasteiger charge is -2.32. The zero-order valence-corrected chi connectivity index (χ0v) is 11.3.